The fraction of sp³-hybridized carbons (Fsp3) is 0.438. The van der Waals surface area contributed by atoms with Crippen molar-refractivity contribution in [2.75, 3.05) is 19.4 Å². The molecule has 2 amide bonds. The minimum atomic E-state index is -0.273. The fourth-order valence-electron chi connectivity index (χ4n) is 2.46. The molecule has 0 spiro atoms. The van der Waals surface area contributed by atoms with Crippen LogP contribution >= 0.6 is 11.8 Å². The van der Waals surface area contributed by atoms with Gasteiger partial charge >= 0.3 is 6.03 Å². The van der Waals surface area contributed by atoms with Gasteiger partial charge < -0.3 is 20.7 Å². The molecule has 1 aromatic heterocycles. The highest BCUT2D eigenvalue weighted by Gasteiger charge is 2.17. The van der Waals surface area contributed by atoms with Crippen molar-refractivity contribution >= 4 is 28.7 Å². The number of fused-ring (bicyclic) bond motifs is 1. The number of aliphatic hydroxyl groups is 1. The maximum Gasteiger partial charge on any atom is 0.315 e. The molecule has 2 rings (SSSR count). The Morgan fingerprint density at radius 2 is 2.26 bits per heavy atom. The Bertz CT molecular complexity index is 658. The number of H-pyrrole nitrogens is 1. The van der Waals surface area contributed by atoms with E-state index >= 15 is 0 Å². The minimum Gasteiger partial charge on any atom is -0.395 e. The first-order chi connectivity index (χ1) is 11.0. The van der Waals surface area contributed by atoms with Crippen LogP contribution in [0.5, 0.6) is 0 Å². The number of urea groups is 1. The van der Waals surface area contributed by atoms with Gasteiger partial charge in [-0.2, -0.15) is 11.8 Å². The van der Waals surface area contributed by atoms with E-state index in [4.69, 9.17) is 0 Å². The molecule has 2 atom stereocenters. The highest BCUT2D eigenvalue weighted by atomic mass is 32.2. The largest absolute Gasteiger partial charge is 0.395 e. The summed E-state index contributed by atoms with van der Waals surface area (Å²) < 4.78 is 13.1. The first kappa shape index (κ1) is 17.6. The topological polar surface area (TPSA) is 77.2 Å². The van der Waals surface area contributed by atoms with Gasteiger partial charge in [-0.25, -0.2) is 9.18 Å². The average Bonchev–Trinajstić information content (AvgIpc) is 2.90. The first-order valence-electron chi connectivity index (χ1n) is 7.48. The molecule has 2 unspecified atom stereocenters. The van der Waals surface area contributed by atoms with Gasteiger partial charge in [-0.15, -0.1) is 0 Å². The number of hydrogen-bond acceptors (Lipinski definition) is 3. The number of amides is 2. The number of nitrogens with one attached hydrogen (secondary N) is 3. The second-order valence-corrected chi connectivity index (χ2v) is 6.48. The van der Waals surface area contributed by atoms with Gasteiger partial charge in [-0.05, 0) is 43.4 Å². The van der Waals surface area contributed by atoms with E-state index < -0.39 is 0 Å². The third-order valence-corrected chi connectivity index (χ3v) is 4.97. The van der Waals surface area contributed by atoms with Crippen LogP contribution in [0.25, 0.3) is 10.9 Å². The average molecular weight is 339 g/mol. The summed E-state index contributed by atoms with van der Waals surface area (Å²) in [5.41, 5.74) is 1.79. The number of benzene rings is 1. The van der Waals surface area contributed by atoms with Gasteiger partial charge in [0.25, 0.3) is 0 Å². The molecule has 1 aromatic carbocycles. The van der Waals surface area contributed by atoms with Gasteiger partial charge in [-0.1, -0.05) is 0 Å². The van der Waals surface area contributed by atoms with Gasteiger partial charge in [0.15, 0.2) is 0 Å². The number of carbonyl (C=O) groups is 1. The van der Waals surface area contributed by atoms with Crippen LogP contribution in [0.4, 0.5) is 9.18 Å². The quantitative estimate of drug-likeness (QED) is 0.625. The van der Waals surface area contributed by atoms with Crippen LogP contribution in [0.15, 0.2) is 24.4 Å². The van der Waals surface area contributed by atoms with Crippen LogP contribution in [0.2, 0.25) is 0 Å². The number of aromatic nitrogens is 1. The van der Waals surface area contributed by atoms with Crippen molar-refractivity contribution in [3.63, 3.8) is 0 Å². The predicted molar refractivity (Wildman–Crippen MR) is 92.3 cm³/mol. The molecule has 1 heterocycles. The molecular weight excluding hydrogens is 317 g/mol. The molecular formula is C16H22FN3O2S. The van der Waals surface area contributed by atoms with E-state index in [2.05, 4.69) is 15.6 Å². The summed E-state index contributed by atoms with van der Waals surface area (Å²) in [6.45, 7) is 2.37. The molecule has 2 aromatic rings. The van der Waals surface area contributed by atoms with Gasteiger partial charge in [-0.3, -0.25) is 0 Å². The standard InChI is InChI=1S/C16H22FN3O2S/c1-10(15(9-21)23-2)20-16(22)18-6-5-11-8-19-14-7-12(17)3-4-13(11)14/h3-4,7-8,10,15,19,21H,5-6,9H2,1-2H3,(H2,18,20,22). The Morgan fingerprint density at radius 1 is 1.48 bits per heavy atom. The molecule has 0 fully saturated rings. The van der Waals surface area contributed by atoms with E-state index in [1.807, 2.05) is 19.4 Å². The van der Waals surface area contributed by atoms with E-state index in [1.165, 1.54) is 23.9 Å². The molecule has 0 radical (unpaired) electrons. The van der Waals surface area contributed by atoms with E-state index in [0.29, 0.717) is 13.0 Å². The van der Waals surface area contributed by atoms with Crippen LogP contribution in [-0.2, 0) is 6.42 Å². The van der Waals surface area contributed by atoms with Crippen molar-refractivity contribution in [1.29, 1.82) is 0 Å². The Morgan fingerprint density at radius 3 is 2.96 bits per heavy atom. The van der Waals surface area contributed by atoms with E-state index in [1.54, 1.807) is 6.07 Å². The lowest BCUT2D eigenvalue weighted by Crippen LogP contribution is -2.46. The van der Waals surface area contributed by atoms with Gasteiger partial charge in [0.2, 0.25) is 0 Å². The maximum atomic E-state index is 13.1. The predicted octanol–water partition coefficient (Wildman–Crippen LogP) is 2.26. The summed E-state index contributed by atoms with van der Waals surface area (Å²) in [5.74, 6) is -0.273. The van der Waals surface area contributed by atoms with Crippen LogP contribution in [0, 0.1) is 5.82 Å². The maximum absolute atomic E-state index is 13.1. The summed E-state index contributed by atoms with van der Waals surface area (Å²) in [5, 5.41) is 15.8. The summed E-state index contributed by atoms with van der Waals surface area (Å²) in [7, 11) is 0. The zero-order valence-corrected chi connectivity index (χ0v) is 14.0. The molecule has 5 nitrogen and oxygen atoms in total. The highest BCUT2D eigenvalue weighted by molar-refractivity contribution is 7.99. The van der Waals surface area contributed by atoms with E-state index in [0.717, 1.165) is 16.5 Å². The van der Waals surface area contributed by atoms with Crippen molar-refractivity contribution in [3.8, 4) is 0 Å². The van der Waals surface area contributed by atoms with Crippen LogP contribution < -0.4 is 10.6 Å². The van der Waals surface area contributed by atoms with E-state index in [9.17, 15) is 14.3 Å². The molecule has 0 aliphatic rings. The number of aromatic amines is 1. The van der Waals surface area contributed by atoms with Crippen LogP contribution in [-0.4, -0.2) is 46.8 Å². The Kier molecular flexibility index (Phi) is 6.29. The van der Waals surface area contributed by atoms with Gasteiger partial charge in [0.1, 0.15) is 5.82 Å². The van der Waals surface area contributed by atoms with Crippen molar-refractivity contribution in [1.82, 2.24) is 15.6 Å². The van der Waals surface area contributed by atoms with E-state index in [-0.39, 0.29) is 29.7 Å². The first-order valence-corrected chi connectivity index (χ1v) is 8.77. The lowest BCUT2D eigenvalue weighted by atomic mass is 10.1. The fourth-order valence-corrected chi connectivity index (χ4v) is 3.09. The molecule has 0 saturated carbocycles. The molecule has 0 bridgehead atoms. The Labute approximate surface area is 139 Å². The number of hydrogen-bond donors (Lipinski definition) is 4. The molecule has 126 valence electrons. The van der Waals surface area contributed by atoms with Crippen LogP contribution in [0.1, 0.15) is 12.5 Å². The minimum absolute atomic E-state index is 0.0223. The van der Waals surface area contributed by atoms with Crippen molar-refractivity contribution in [2.24, 2.45) is 0 Å². The summed E-state index contributed by atoms with van der Waals surface area (Å²) in [6.07, 6.45) is 4.39. The lowest BCUT2D eigenvalue weighted by Gasteiger charge is -2.21. The van der Waals surface area contributed by atoms with Crippen molar-refractivity contribution in [2.45, 2.75) is 24.6 Å². The van der Waals surface area contributed by atoms with Crippen LogP contribution in [0.3, 0.4) is 0 Å². The van der Waals surface area contributed by atoms with Crippen molar-refractivity contribution in [3.05, 3.63) is 35.8 Å². The lowest BCUT2D eigenvalue weighted by molar-refractivity contribution is 0.232. The van der Waals surface area contributed by atoms with Gasteiger partial charge in [0.05, 0.1) is 6.61 Å². The van der Waals surface area contributed by atoms with Gasteiger partial charge in [0, 0.05) is 34.9 Å². The molecule has 0 aliphatic carbocycles. The zero-order valence-electron chi connectivity index (χ0n) is 13.2. The number of carbonyl (C=O) groups excluding carboxylic acids is 1. The number of halogens is 1. The number of aliphatic hydroxyl groups excluding tert-OH is 1. The number of rotatable bonds is 7. The molecule has 0 saturated heterocycles. The zero-order chi connectivity index (χ0) is 16.8. The monoisotopic (exact) mass is 339 g/mol. The Hall–Kier alpha value is -1.73. The third-order valence-electron chi connectivity index (χ3n) is 3.81. The summed E-state index contributed by atoms with van der Waals surface area (Å²) in [6, 6.07) is 4.25. The third kappa shape index (κ3) is 4.62. The normalized spacial score (nSPS) is 13.7. The smallest absolute Gasteiger partial charge is 0.315 e. The summed E-state index contributed by atoms with van der Waals surface area (Å²) >= 11 is 1.52. The molecule has 4 N–H and O–H groups in total. The molecule has 7 heteroatoms. The molecule has 23 heavy (non-hydrogen) atoms. The molecule has 0 aliphatic heterocycles. The van der Waals surface area contributed by atoms with Crippen molar-refractivity contribution < 1.29 is 14.3 Å². The number of thioether (sulfide) groups is 1. The highest BCUT2D eigenvalue weighted by Crippen LogP contribution is 2.19. The summed E-state index contributed by atoms with van der Waals surface area (Å²) in [4.78, 5) is 14.9. The second-order valence-electron chi connectivity index (χ2n) is 5.40. The Balaban J connectivity index is 1.83. The SMILES string of the molecule is CSC(CO)C(C)NC(=O)NCCc1c[nH]c2cc(F)ccc12. The second kappa shape index (κ2) is 8.21.